The normalized spacial score (nSPS) is 10.3. The summed E-state index contributed by atoms with van der Waals surface area (Å²) >= 11 is 0. The highest BCUT2D eigenvalue weighted by Crippen LogP contribution is 1.93. The molecule has 3 N–H and O–H groups in total. The van der Waals surface area contributed by atoms with Gasteiger partial charge in [0.1, 0.15) is 12.4 Å². The first-order valence-electron chi connectivity index (χ1n) is 4.23. The molecule has 0 spiro atoms. The van der Waals surface area contributed by atoms with E-state index in [0.29, 0.717) is 19.7 Å². The first-order chi connectivity index (χ1) is 6.79. The molecule has 0 aromatic carbocycles. The fraction of sp³-hybridized carbons (Fsp3) is 0.500. The second-order valence-electron chi connectivity index (χ2n) is 2.66. The number of ether oxygens (including phenoxy) is 1. The number of hydrogen-bond donors (Lipinski definition) is 2. The summed E-state index contributed by atoms with van der Waals surface area (Å²) in [4.78, 5) is 14.0. The van der Waals surface area contributed by atoms with E-state index in [4.69, 9.17) is 14.9 Å². The van der Waals surface area contributed by atoms with Crippen molar-refractivity contribution in [2.45, 2.75) is 6.54 Å². The van der Waals surface area contributed by atoms with Gasteiger partial charge in [0.05, 0.1) is 19.3 Å². The summed E-state index contributed by atoms with van der Waals surface area (Å²) in [7, 11) is 0. The maximum Gasteiger partial charge on any atom is 0.243 e. The first-order valence-corrected chi connectivity index (χ1v) is 4.23. The molecule has 0 radical (unpaired) electrons. The average molecular weight is 199 g/mol. The number of oxazole rings is 1. The van der Waals surface area contributed by atoms with Crippen LogP contribution in [0.5, 0.6) is 0 Å². The molecule has 6 nitrogen and oxygen atoms in total. The van der Waals surface area contributed by atoms with Crippen LogP contribution in [0.25, 0.3) is 0 Å². The molecule has 0 aliphatic rings. The van der Waals surface area contributed by atoms with Gasteiger partial charge in [0, 0.05) is 6.54 Å². The van der Waals surface area contributed by atoms with E-state index in [0.717, 1.165) is 5.76 Å². The van der Waals surface area contributed by atoms with Gasteiger partial charge < -0.3 is 20.2 Å². The molecule has 0 atom stereocenters. The zero-order valence-electron chi connectivity index (χ0n) is 7.73. The summed E-state index contributed by atoms with van der Waals surface area (Å²) in [5.74, 6) is 0.306. The van der Waals surface area contributed by atoms with Crippen molar-refractivity contribution < 1.29 is 13.9 Å². The molecular weight excluding hydrogens is 186 g/mol. The number of nitrogens with two attached hydrogens (primary N) is 1. The number of nitrogens with one attached hydrogen (secondary N) is 1. The Kier molecular flexibility index (Phi) is 4.66. The lowest BCUT2D eigenvalue weighted by Gasteiger charge is -2.02. The molecule has 1 heterocycles. The molecule has 0 fully saturated rings. The van der Waals surface area contributed by atoms with Gasteiger partial charge in [-0.2, -0.15) is 0 Å². The zero-order valence-corrected chi connectivity index (χ0v) is 7.73. The lowest BCUT2D eigenvalue weighted by Crippen LogP contribution is -2.23. The highest BCUT2D eigenvalue weighted by atomic mass is 16.5. The predicted octanol–water partition coefficient (Wildman–Crippen LogP) is -0.734. The molecule has 0 saturated heterocycles. The van der Waals surface area contributed by atoms with Crippen molar-refractivity contribution in [3.63, 3.8) is 0 Å². The Balaban J connectivity index is 1.92. The van der Waals surface area contributed by atoms with E-state index in [1.807, 2.05) is 0 Å². The number of rotatable bonds is 7. The summed E-state index contributed by atoms with van der Waals surface area (Å²) in [5.41, 5.74) is 4.88. The smallest absolute Gasteiger partial charge is 0.243 e. The summed E-state index contributed by atoms with van der Waals surface area (Å²) < 4.78 is 9.92. The number of carbonyl (C=O) groups excluding carboxylic acids is 1. The van der Waals surface area contributed by atoms with Crippen LogP contribution in [0.1, 0.15) is 5.76 Å². The lowest BCUT2D eigenvalue weighted by atomic mass is 10.5. The van der Waals surface area contributed by atoms with E-state index in [2.05, 4.69) is 10.3 Å². The van der Waals surface area contributed by atoms with Gasteiger partial charge in [-0.3, -0.25) is 4.79 Å². The SMILES string of the molecule is NC(=O)COCCNCc1cnco1. The largest absolute Gasteiger partial charge is 0.447 e. The van der Waals surface area contributed by atoms with E-state index in [1.165, 1.54) is 6.39 Å². The minimum absolute atomic E-state index is 0.0377. The van der Waals surface area contributed by atoms with Crippen molar-refractivity contribution in [1.29, 1.82) is 0 Å². The Morgan fingerprint density at radius 3 is 3.21 bits per heavy atom. The predicted molar refractivity (Wildman–Crippen MR) is 48.2 cm³/mol. The topological polar surface area (TPSA) is 90.4 Å². The van der Waals surface area contributed by atoms with E-state index in [9.17, 15) is 4.79 Å². The fourth-order valence-electron chi connectivity index (χ4n) is 0.858. The third-order valence-electron chi connectivity index (χ3n) is 1.45. The third kappa shape index (κ3) is 4.58. The van der Waals surface area contributed by atoms with Crippen LogP contribution in [0.15, 0.2) is 17.0 Å². The molecule has 6 heteroatoms. The minimum atomic E-state index is -0.458. The second kappa shape index (κ2) is 6.11. The highest BCUT2D eigenvalue weighted by Gasteiger charge is 1.96. The Morgan fingerprint density at radius 1 is 1.71 bits per heavy atom. The number of nitrogens with zero attached hydrogens (tertiary/aromatic N) is 1. The van der Waals surface area contributed by atoms with E-state index in [-0.39, 0.29) is 6.61 Å². The van der Waals surface area contributed by atoms with Crippen LogP contribution >= 0.6 is 0 Å². The summed E-state index contributed by atoms with van der Waals surface area (Å²) in [5, 5.41) is 3.05. The van der Waals surface area contributed by atoms with Gasteiger partial charge in [-0.25, -0.2) is 4.98 Å². The molecule has 1 aromatic rings. The van der Waals surface area contributed by atoms with Crippen LogP contribution in [0.4, 0.5) is 0 Å². The van der Waals surface area contributed by atoms with Gasteiger partial charge >= 0.3 is 0 Å². The number of carbonyl (C=O) groups is 1. The van der Waals surface area contributed by atoms with Gasteiger partial charge in [0.2, 0.25) is 5.91 Å². The van der Waals surface area contributed by atoms with Gasteiger partial charge in [-0.1, -0.05) is 0 Å². The molecule has 0 bridgehead atoms. The number of primary amides is 1. The molecule has 1 rings (SSSR count). The fourth-order valence-corrected chi connectivity index (χ4v) is 0.858. The molecule has 78 valence electrons. The molecule has 0 aliphatic heterocycles. The van der Waals surface area contributed by atoms with Crippen LogP contribution in [-0.4, -0.2) is 30.6 Å². The van der Waals surface area contributed by atoms with E-state index in [1.54, 1.807) is 6.20 Å². The molecule has 14 heavy (non-hydrogen) atoms. The van der Waals surface area contributed by atoms with Crippen molar-refractivity contribution in [1.82, 2.24) is 10.3 Å². The monoisotopic (exact) mass is 199 g/mol. The molecule has 1 aromatic heterocycles. The minimum Gasteiger partial charge on any atom is -0.447 e. The maximum absolute atomic E-state index is 10.3. The highest BCUT2D eigenvalue weighted by molar-refractivity contribution is 5.74. The third-order valence-corrected chi connectivity index (χ3v) is 1.45. The molecule has 0 aliphatic carbocycles. The Labute approximate surface area is 81.4 Å². The maximum atomic E-state index is 10.3. The number of hydrogen-bond acceptors (Lipinski definition) is 5. The van der Waals surface area contributed by atoms with Crippen LogP contribution in [0.3, 0.4) is 0 Å². The van der Waals surface area contributed by atoms with Crippen molar-refractivity contribution in [2.24, 2.45) is 5.73 Å². The summed E-state index contributed by atoms with van der Waals surface area (Å²) in [6.07, 6.45) is 3.01. The van der Waals surface area contributed by atoms with Gasteiger partial charge in [0.25, 0.3) is 0 Å². The van der Waals surface area contributed by atoms with Crippen LogP contribution in [-0.2, 0) is 16.1 Å². The summed E-state index contributed by atoms with van der Waals surface area (Å²) in [6, 6.07) is 0. The Bertz CT molecular complexity index is 261. The van der Waals surface area contributed by atoms with Gasteiger partial charge in [0.15, 0.2) is 6.39 Å². The molecule has 0 saturated carbocycles. The first kappa shape index (κ1) is 10.7. The van der Waals surface area contributed by atoms with Crippen molar-refractivity contribution in [2.75, 3.05) is 19.8 Å². The van der Waals surface area contributed by atoms with Crippen molar-refractivity contribution in [3.8, 4) is 0 Å². The van der Waals surface area contributed by atoms with E-state index >= 15 is 0 Å². The van der Waals surface area contributed by atoms with Crippen LogP contribution in [0.2, 0.25) is 0 Å². The zero-order chi connectivity index (χ0) is 10.2. The molecular formula is C8H13N3O3. The average Bonchev–Trinajstić information content (AvgIpc) is 2.63. The standard InChI is InChI=1S/C8H13N3O3/c9-8(12)5-13-2-1-10-3-7-4-11-6-14-7/h4,6,10H,1-3,5H2,(H2,9,12). The van der Waals surface area contributed by atoms with Gasteiger partial charge in [-0.15, -0.1) is 0 Å². The quantitative estimate of drug-likeness (QED) is 0.565. The van der Waals surface area contributed by atoms with Crippen LogP contribution in [0, 0.1) is 0 Å². The van der Waals surface area contributed by atoms with E-state index < -0.39 is 5.91 Å². The molecule has 0 unspecified atom stereocenters. The number of amides is 1. The Hall–Kier alpha value is -1.40. The second-order valence-corrected chi connectivity index (χ2v) is 2.66. The van der Waals surface area contributed by atoms with Gasteiger partial charge in [-0.05, 0) is 0 Å². The molecule has 1 amide bonds. The van der Waals surface area contributed by atoms with Crippen LogP contribution < -0.4 is 11.1 Å². The van der Waals surface area contributed by atoms with Crippen molar-refractivity contribution >= 4 is 5.91 Å². The Morgan fingerprint density at radius 2 is 2.57 bits per heavy atom. The van der Waals surface area contributed by atoms with Crippen molar-refractivity contribution in [3.05, 3.63) is 18.4 Å². The number of aromatic nitrogens is 1. The lowest BCUT2D eigenvalue weighted by molar-refractivity contribution is -0.122. The summed E-state index contributed by atoms with van der Waals surface area (Å²) in [6.45, 7) is 1.63.